The van der Waals surface area contributed by atoms with Crippen LogP contribution in [0.1, 0.15) is 12.8 Å². The van der Waals surface area contributed by atoms with E-state index in [9.17, 15) is 14.4 Å². The van der Waals surface area contributed by atoms with E-state index < -0.39 is 24.1 Å². The van der Waals surface area contributed by atoms with Gasteiger partial charge in [-0.25, -0.2) is 4.79 Å². The van der Waals surface area contributed by atoms with Gasteiger partial charge >= 0.3 is 12.0 Å². The first-order chi connectivity index (χ1) is 8.93. The lowest BCUT2D eigenvalue weighted by molar-refractivity contribution is -0.139. The molecular formula is C11H19N3O5. The van der Waals surface area contributed by atoms with E-state index >= 15 is 0 Å². The minimum atomic E-state index is -0.998. The van der Waals surface area contributed by atoms with Gasteiger partial charge in [0.25, 0.3) is 0 Å². The largest absolute Gasteiger partial charge is 0.481 e. The van der Waals surface area contributed by atoms with Crippen molar-refractivity contribution in [2.75, 3.05) is 27.2 Å². The van der Waals surface area contributed by atoms with Crippen molar-refractivity contribution in [2.45, 2.75) is 25.0 Å². The van der Waals surface area contributed by atoms with E-state index in [1.807, 2.05) is 0 Å². The molecule has 8 heteroatoms. The molecule has 2 unspecified atom stereocenters. The van der Waals surface area contributed by atoms with Crippen LogP contribution >= 0.6 is 0 Å². The number of carbonyl (C=O) groups is 3. The van der Waals surface area contributed by atoms with Crippen molar-refractivity contribution < 1.29 is 24.2 Å². The van der Waals surface area contributed by atoms with Crippen LogP contribution in [0, 0.1) is 0 Å². The number of ether oxygens (including phenoxy) is 1. The molecule has 0 radical (unpaired) electrons. The molecule has 0 saturated carbocycles. The number of likely N-dealkylation sites (N-methyl/N-ethyl adjacent to an activating group) is 1. The maximum Gasteiger partial charge on any atom is 0.315 e. The highest BCUT2D eigenvalue weighted by Gasteiger charge is 2.30. The highest BCUT2D eigenvalue weighted by Crippen LogP contribution is 2.07. The van der Waals surface area contributed by atoms with Crippen LogP contribution < -0.4 is 10.6 Å². The standard InChI is InChI=1S/C11H19N3O5/c1-14-4-3-8(10(14)17)13-11(18)12-6-7(19-2)5-9(15)16/h7-8H,3-6H2,1-2H3,(H,15,16)(H2,12,13,18). The van der Waals surface area contributed by atoms with Crippen molar-refractivity contribution in [3.05, 3.63) is 0 Å². The Morgan fingerprint density at radius 1 is 1.58 bits per heavy atom. The Kier molecular flexibility index (Phi) is 5.56. The van der Waals surface area contributed by atoms with Gasteiger partial charge in [0.2, 0.25) is 5.91 Å². The second-order valence-corrected chi connectivity index (χ2v) is 4.41. The Labute approximate surface area is 111 Å². The Hall–Kier alpha value is -1.83. The number of carboxylic acids is 1. The molecule has 1 rings (SSSR count). The summed E-state index contributed by atoms with van der Waals surface area (Å²) in [5.41, 5.74) is 0. The quantitative estimate of drug-likeness (QED) is 0.575. The number of nitrogens with zero attached hydrogens (tertiary/aromatic N) is 1. The molecule has 0 aromatic heterocycles. The second kappa shape index (κ2) is 6.93. The minimum Gasteiger partial charge on any atom is -0.481 e. The molecule has 0 bridgehead atoms. The number of aliphatic carboxylic acids is 1. The lowest BCUT2D eigenvalue weighted by atomic mass is 10.2. The fourth-order valence-electron chi connectivity index (χ4n) is 1.81. The molecule has 2 atom stereocenters. The van der Waals surface area contributed by atoms with Crippen molar-refractivity contribution in [1.29, 1.82) is 0 Å². The molecule has 19 heavy (non-hydrogen) atoms. The van der Waals surface area contributed by atoms with Crippen molar-refractivity contribution in [3.8, 4) is 0 Å². The second-order valence-electron chi connectivity index (χ2n) is 4.41. The van der Waals surface area contributed by atoms with Crippen molar-refractivity contribution in [1.82, 2.24) is 15.5 Å². The molecule has 3 amide bonds. The average molecular weight is 273 g/mol. The van der Waals surface area contributed by atoms with Crippen LogP contribution in [0.3, 0.4) is 0 Å². The van der Waals surface area contributed by atoms with E-state index in [4.69, 9.17) is 9.84 Å². The molecule has 0 aliphatic carbocycles. The van der Waals surface area contributed by atoms with E-state index in [-0.39, 0.29) is 18.9 Å². The average Bonchev–Trinajstić information content (AvgIpc) is 2.66. The molecule has 1 aliphatic rings. The van der Waals surface area contributed by atoms with Crippen LogP contribution in [0.5, 0.6) is 0 Å². The summed E-state index contributed by atoms with van der Waals surface area (Å²) in [5.74, 6) is -1.12. The van der Waals surface area contributed by atoms with Gasteiger partial charge in [-0.15, -0.1) is 0 Å². The van der Waals surface area contributed by atoms with Crippen LogP contribution in [-0.4, -0.2) is 67.3 Å². The summed E-state index contributed by atoms with van der Waals surface area (Å²) in [6.07, 6.45) is -0.210. The van der Waals surface area contributed by atoms with Gasteiger partial charge in [0.05, 0.1) is 12.5 Å². The number of amides is 3. The van der Waals surface area contributed by atoms with Gasteiger partial charge in [-0.1, -0.05) is 0 Å². The Morgan fingerprint density at radius 2 is 2.26 bits per heavy atom. The van der Waals surface area contributed by atoms with E-state index in [0.717, 1.165) is 0 Å². The number of likely N-dealkylation sites (tertiary alicyclic amines) is 1. The Bertz CT molecular complexity index is 360. The molecule has 1 fully saturated rings. The summed E-state index contributed by atoms with van der Waals surface area (Å²) in [7, 11) is 3.05. The predicted octanol–water partition coefficient (Wildman–Crippen LogP) is -0.994. The van der Waals surface area contributed by atoms with Gasteiger partial charge < -0.3 is 25.4 Å². The summed E-state index contributed by atoms with van der Waals surface area (Å²) in [6.45, 7) is 0.689. The number of methoxy groups -OCH3 is 1. The molecule has 8 nitrogen and oxygen atoms in total. The molecule has 1 saturated heterocycles. The summed E-state index contributed by atoms with van der Waals surface area (Å²) < 4.78 is 4.92. The predicted molar refractivity (Wildman–Crippen MR) is 65.6 cm³/mol. The maximum atomic E-state index is 11.6. The molecule has 108 valence electrons. The molecular weight excluding hydrogens is 254 g/mol. The van der Waals surface area contributed by atoms with Gasteiger partial charge in [-0.3, -0.25) is 9.59 Å². The fourth-order valence-corrected chi connectivity index (χ4v) is 1.81. The third-order valence-corrected chi connectivity index (χ3v) is 2.96. The number of nitrogens with one attached hydrogen (secondary N) is 2. The number of urea groups is 1. The molecule has 1 aliphatic heterocycles. The summed E-state index contributed by atoms with van der Waals surface area (Å²) in [6, 6.07) is -1.01. The number of hydrogen-bond acceptors (Lipinski definition) is 4. The zero-order valence-electron chi connectivity index (χ0n) is 11.0. The van der Waals surface area contributed by atoms with Crippen LogP contribution in [0.4, 0.5) is 4.79 Å². The van der Waals surface area contributed by atoms with Gasteiger partial charge in [-0.05, 0) is 6.42 Å². The third kappa shape index (κ3) is 4.74. The zero-order valence-corrected chi connectivity index (χ0v) is 11.0. The van der Waals surface area contributed by atoms with Gasteiger partial charge in [0.1, 0.15) is 6.04 Å². The van der Waals surface area contributed by atoms with E-state index in [1.54, 1.807) is 11.9 Å². The third-order valence-electron chi connectivity index (χ3n) is 2.96. The Balaban J connectivity index is 2.31. The lowest BCUT2D eigenvalue weighted by Gasteiger charge is -2.16. The van der Waals surface area contributed by atoms with Crippen LogP contribution in [0.25, 0.3) is 0 Å². The van der Waals surface area contributed by atoms with Crippen LogP contribution in [-0.2, 0) is 14.3 Å². The summed E-state index contributed by atoms with van der Waals surface area (Å²) in [4.78, 5) is 35.2. The van der Waals surface area contributed by atoms with Gasteiger partial charge in [-0.2, -0.15) is 0 Å². The SMILES string of the molecule is COC(CNC(=O)NC1CCN(C)C1=O)CC(=O)O. The van der Waals surface area contributed by atoms with Crippen molar-refractivity contribution in [2.24, 2.45) is 0 Å². The highest BCUT2D eigenvalue weighted by atomic mass is 16.5. The van der Waals surface area contributed by atoms with E-state index in [2.05, 4.69) is 10.6 Å². The van der Waals surface area contributed by atoms with E-state index in [1.165, 1.54) is 7.11 Å². The first kappa shape index (κ1) is 15.2. The topological polar surface area (TPSA) is 108 Å². The van der Waals surface area contributed by atoms with Gasteiger partial charge in [0.15, 0.2) is 0 Å². The molecule has 3 N–H and O–H groups in total. The monoisotopic (exact) mass is 273 g/mol. The smallest absolute Gasteiger partial charge is 0.315 e. The number of carbonyl (C=O) groups excluding carboxylic acids is 2. The molecule has 0 aromatic carbocycles. The molecule has 0 aromatic rings. The normalized spacial score (nSPS) is 20.2. The van der Waals surface area contributed by atoms with E-state index in [0.29, 0.717) is 13.0 Å². The van der Waals surface area contributed by atoms with Crippen molar-refractivity contribution in [3.63, 3.8) is 0 Å². The van der Waals surface area contributed by atoms with Gasteiger partial charge in [0, 0.05) is 27.2 Å². The summed E-state index contributed by atoms with van der Waals surface area (Å²) >= 11 is 0. The maximum absolute atomic E-state index is 11.6. The first-order valence-electron chi connectivity index (χ1n) is 5.98. The zero-order chi connectivity index (χ0) is 14.4. The van der Waals surface area contributed by atoms with Crippen LogP contribution in [0.2, 0.25) is 0 Å². The molecule has 1 heterocycles. The highest BCUT2D eigenvalue weighted by molar-refractivity contribution is 5.88. The number of hydrogen-bond donors (Lipinski definition) is 3. The van der Waals surface area contributed by atoms with Crippen LogP contribution in [0.15, 0.2) is 0 Å². The lowest BCUT2D eigenvalue weighted by Crippen LogP contribution is -2.47. The first-order valence-corrected chi connectivity index (χ1v) is 5.98. The Morgan fingerprint density at radius 3 is 2.74 bits per heavy atom. The number of rotatable bonds is 6. The van der Waals surface area contributed by atoms with Crippen molar-refractivity contribution >= 4 is 17.9 Å². The fraction of sp³-hybridized carbons (Fsp3) is 0.727. The minimum absolute atomic E-state index is 0.0748. The molecule has 0 spiro atoms. The number of carboxylic acid groups (broad SMARTS) is 1. The summed E-state index contributed by atoms with van der Waals surface area (Å²) in [5, 5.41) is 13.7.